The van der Waals surface area contributed by atoms with Gasteiger partial charge in [0, 0.05) is 6.04 Å². The standard InChI is InChI=1S/C14H21NO2/c1-3-15-14(11-4-5-11)10-17-13-8-6-12(16-2)7-9-13/h6-9,11,14-15H,3-5,10H2,1-2H3. The first-order chi connectivity index (χ1) is 8.33. The Balaban J connectivity index is 1.82. The molecule has 1 fully saturated rings. The molecule has 1 aromatic carbocycles. The SMILES string of the molecule is CCNC(COc1ccc(OC)cc1)C1CC1. The molecule has 0 bridgehead atoms. The lowest BCUT2D eigenvalue weighted by atomic mass is 10.2. The van der Waals surface area contributed by atoms with Crippen LogP contribution in [0.3, 0.4) is 0 Å². The number of rotatable bonds is 7. The van der Waals surface area contributed by atoms with Crippen molar-refractivity contribution in [2.75, 3.05) is 20.3 Å². The molecular formula is C14H21NO2. The number of hydrogen-bond donors (Lipinski definition) is 1. The molecule has 94 valence electrons. The largest absolute Gasteiger partial charge is 0.497 e. The van der Waals surface area contributed by atoms with Crippen LogP contribution < -0.4 is 14.8 Å². The second-order valence-electron chi connectivity index (χ2n) is 4.49. The molecule has 1 N–H and O–H groups in total. The monoisotopic (exact) mass is 235 g/mol. The maximum absolute atomic E-state index is 5.80. The van der Waals surface area contributed by atoms with Gasteiger partial charge in [-0.05, 0) is 49.6 Å². The molecular weight excluding hydrogens is 214 g/mol. The highest BCUT2D eigenvalue weighted by Crippen LogP contribution is 2.33. The average Bonchev–Trinajstić information content (AvgIpc) is 3.19. The number of likely N-dealkylation sites (N-methyl/N-ethyl adjacent to an activating group) is 1. The van der Waals surface area contributed by atoms with E-state index in [0.29, 0.717) is 6.04 Å². The fourth-order valence-electron chi connectivity index (χ4n) is 1.98. The third-order valence-corrected chi connectivity index (χ3v) is 3.15. The van der Waals surface area contributed by atoms with Crippen molar-refractivity contribution in [2.24, 2.45) is 5.92 Å². The Morgan fingerprint density at radius 2 is 1.88 bits per heavy atom. The summed E-state index contributed by atoms with van der Waals surface area (Å²) in [4.78, 5) is 0. The third kappa shape index (κ3) is 3.63. The zero-order valence-electron chi connectivity index (χ0n) is 10.6. The quantitative estimate of drug-likeness (QED) is 0.787. The molecule has 1 aliphatic rings. The minimum atomic E-state index is 0.502. The van der Waals surface area contributed by atoms with Crippen LogP contribution >= 0.6 is 0 Å². The van der Waals surface area contributed by atoms with Crippen molar-refractivity contribution in [2.45, 2.75) is 25.8 Å². The number of hydrogen-bond acceptors (Lipinski definition) is 3. The van der Waals surface area contributed by atoms with Crippen LogP contribution in [0.2, 0.25) is 0 Å². The molecule has 0 radical (unpaired) electrons. The maximum atomic E-state index is 5.80. The molecule has 1 aromatic rings. The Kier molecular flexibility index (Phi) is 4.26. The van der Waals surface area contributed by atoms with E-state index in [-0.39, 0.29) is 0 Å². The van der Waals surface area contributed by atoms with Gasteiger partial charge in [0.05, 0.1) is 7.11 Å². The van der Waals surface area contributed by atoms with Gasteiger partial charge in [0.15, 0.2) is 0 Å². The predicted octanol–water partition coefficient (Wildman–Crippen LogP) is 2.46. The molecule has 3 nitrogen and oxygen atoms in total. The predicted molar refractivity (Wildman–Crippen MR) is 68.7 cm³/mol. The summed E-state index contributed by atoms with van der Waals surface area (Å²) in [6.07, 6.45) is 2.67. The van der Waals surface area contributed by atoms with Crippen LogP contribution in [0.5, 0.6) is 11.5 Å². The van der Waals surface area contributed by atoms with Crippen molar-refractivity contribution in [3.63, 3.8) is 0 Å². The second-order valence-corrected chi connectivity index (χ2v) is 4.49. The van der Waals surface area contributed by atoms with Crippen LogP contribution in [0, 0.1) is 5.92 Å². The fourth-order valence-corrected chi connectivity index (χ4v) is 1.98. The molecule has 0 aromatic heterocycles. The van der Waals surface area contributed by atoms with Crippen molar-refractivity contribution < 1.29 is 9.47 Å². The van der Waals surface area contributed by atoms with Crippen molar-refractivity contribution in [3.8, 4) is 11.5 Å². The number of benzene rings is 1. The van der Waals surface area contributed by atoms with E-state index in [9.17, 15) is 0 Å². The minimum Gasteiger partial charge on any atom is -0.497 e. The Morgan fingerprint density at radius 3 is 2.41 bits per heavy atom. The molecule has 1 atom stereocenters. The van der Waals surface area contributed by atoms with Gasteiger partial charge in [-0.2, -0.15) is 0 Å². The summed E-state index contributed by atoms with van der Waals surface area (Å²) in [5, 5.41) is 3.49. The van der Waals surface area contributed by atoms with Crippen molar-refractivity contribution in [1.29, 1.82) is 0 Å². The lowest BCUT2D eigenvalue weighted by Crippen LogP contribution is -2.36. The van der Waals surface area contributed by atoms with Crippen LogP contribution in [0.15, 0.2) is 24.3 Å². The molecule has 3 heteroatoms. The van der Waals surface area contributed by atoms with Gasteiger partial charge < -0.3 is 14.8 Å². The highest BCUT2D eigenvalue weighted by molar-refractivity contribution is 5.31. The van der Waals surface area contributed by atoms with Gasteiger partial charge in [0.25, 0.3) is 0 Å². The first-order valence-corrected chi connectivity index (χ1v) is 6.33. The Morgan fingerprint density at radius 1 is 1.24 bits per heavy atom. The lowest BCUT2D eigenvalue weighted by molar-refractivity contribution is 0.251. The highest BCUT2D eigenvalue weighted by Gasteiger charge is 2.30. The van der Waals surface area contributed by atoms with Gasteiger partial charge in [0.2, 0.25) is 0 Å². The van der Waals surface area contributed by atoms with E-state index in [4.69, 9.17) is 9.47 Å². The van der Waals surface area contributed by atoms with Crippen LogP contribution in [-0.2, 0) is 0 Å². The van der Waals surface area contributed by atoms with Crippen LogP contribution in [0.1, 0.15) is 19.8 Å². The van der Waals surface area contributed by atoms with Crippen LogP contribution in [0.4, 0.5) is 0 Å². The second kappa shape index (κ2) is 5.92. The average molecular weight is 235 g/mol. The normalized spacial score (nSPS) is 16.6. The van der Waals surface area contributed by atoms with E-state index < -0.39 is 0 Å². The molecule has 0 saturated heterocycles. The molecule has 1 saturated carbocycles. The molecule has 1 aliphatic carbocycles. The zero-order chi connectivity index (χ0) is 12.1. The molecule has 17 heavy (non-hydrogen) atoms. The van der Waals surface area contributed by atoms with Gasteiger partial charge in [-0.1, -0.05) is 6.92 Å². The lowest BCUT2D eigenvalue weighted by Gasteiger charge is -2.18. The molecule has 0 spiro atoms. The van der Waals surface area contributed by atoms with Gasteiger partial charge >= 0.3 is 0 Å². The Labute approximate surface area is 103 Å². The smallest absolute Gasteiger partial charge is 0.119 e. The van der Waals surface area contributed by atoms with Crippen molar-refractivity contribution >= 4 is 0 Å². The molecule has 2 rings (SSSR count). The molecule has 0 amide bonds. The Hall–Kier alpha value is -1.22. The summed E-state index contributed by atoms with van der Waals surface area (Å²) in [5.74, 6) is 2.59. The van der Waals surface area contributed by atoms with E-state index in [1.54, 1.807) is 7.11 Å². The fraction of sp³-hybridized carbons (Fsp3) is 0.571. The Bertz CT molecular complexity index is 333. The van der Waals surface area contributed by atoms with Crippen LogP contribution in [-0.4, -0.2) is 26.3 Å². The highest BCUT2D eigenvalue weighted by atomic mass is 16.5. The van der Waals surface area contributed by atoms with Crippen LogP contribution in [0.25, 0.3) is 0 Å². The summed E-state index contributed by atoms with van der Waals surface area (Å²) in [5.41, 5.74) is 0. The maximum Gasteiger partial charge on any atom is 0.119 e. The number of ether oxygens (including phenoxy) is 2. The zero-order valence-corrected chi connectivity index (χ0v) is 10.6. The van der Waals surface area contributed by atoms with Gasteiger partial charge in [-0.25, -0.2) is 0 Å². The van der Waals surface area contributed by atoms with Gasteiger partial charge in [0.1, 0.15) is 18.1 Å². The number of nitrogens with one attached hydrogen (secondary N) is 1. The van der Waals surface area contributed by atoms with E-state index in [0.717, 1.165) is 30.6 Å². The van der Waals surface area contributed by atoms with Crippen molar-refractivity contribution in [1.82, 2.24) is 5.32 Å². The summed E-state index contributed by atoms with van der Waals surface area (Å²) < 4.78 is 10.9. The van der Waals surface area contributed by atoms with Gasteiger partial charge in [-0.3, -0.25) is 0 Å². The molecule has 0 heterocycles. The summed E-state index contributed by atoms with van der Waals surface area (Å²) in [7, 11) is 1.67. The number of methoxy groups -OCH3 is 1. The van der Waals surface area contributed by atoms with E-state index in [1.165, 1.54) is 12.8 Å². The van der Waals surface area contributed by atoms with E-state index in [2.05, 4.69) is 12.2 Å². The summed E-state index contributed by atoms with van der Waals surface area (Å²) in [6, 6.07) is 8.26. The molecule has 0 aliphatic heterocycles. The topological polar surface area (TPSA) is 30.5 Å². The van der Waals surface area contributed by atoms with Gasteiger partial charge in [-0.15, -0.1) is 0 Å². The van der Waals surface area contributed by atoms with Crippen molar-refractivity contribution in [3.05, 3.63) is 24.3 Å². The summed E-state index contributed by atoms with van der Waals surface area (Å²) in [6.45, 7) is 3.90. The van der Waals surface area contributed by atoms with E-state index in [1.807, 2.05) is 24.3 Å². The summed E-state index contributed by atoms with van der Waals surface area (Å²) >= 11 is 0. The third-order valence-electron chi connectivity index (χ3n) is 3.15. The first kappa shape index (κ1) is 12.2. The van der Waals surface area contributed by atoms with E-state index >= 15 is 0 Å². The minimum absolute atomic E-state index is 0.502. The first-order valence-electron chi connectivity index (χ1n) is 6.33. The molecule has 1 unspecified atom stereocenters.